The van der Waals surface area contributed by atoms with E-state index in [0.717, 1.165) is 25.2 Å². The summed E-state index contributed by atoms with van der Waals surface area (Å²) in [5, 5.41) is 0. The maximum absolute atomic E-state index is 10.3. The van der Waals surface area contributed by atoms with Gasteiger partial charge in [0.25, 0.3) is 0 Å². The Hall–Kier alpha value is 0.507. The first-order valence-electron chi connectivity index (χ1n) is 5.35. The van der Waals surface area contributed by atoms with Gasteiger partial charge >= 0.3 is 18.9 Å². The molecule has 15 heavy (non-hydrogen) atoms. The molecule has 0 aliphatic carbocycles. The van der Waals surface area contributed by atoms with Crippen molar-refractivity contribution in [2.75, 3.05) is 5.75 Å². The summed E-state index contributed by atoms with van der Waals surface area (Å²) < 4.78 is 30.8. The van der Waals surface area contributed by atoms with Crippen molar-refractivity contribution in [3.8, 4) is 0 Å². The van der Waals surface area contributed by atoms with E-state index in [9.17, 15) is 13.0 Å². The Morgan fingerprint density at radius 1 is 1.00 bits per heavy atom. The molecule has 0 aromatic carbocycles. The van der Waals surface area contributed by atoms with Gasteiger partial charge in [0.05, 0.1) is 10.1 Å². The van der Waals surface area contributed by atoms with E-state index in [0.29, 0.717) is 6.42 Å². The predicted molar refractivity (Wildman–Crippen MR) is 57.1 cm³/mol. The van der Waals surface area contributed by atoms with Crippen LogP contribution in [-0.4, -0.2) is 18.7 Å². The minimum absolute atomic E-state index is 0. The first-order valence-corrected chi connectivity index (χ1v) is 6.93. The molecular formula is C10H21LiO3S. The Kier molecular flexibility index (Phi) is 11.6. The largest absolute Gasteiger partial charge is 1.00 e. The van der Waals surface area contributed by atoms with Gasteiger partial charge in [-0.25, -0.2) is 8.42 Å². The molecule has 86 valence electrons. The van der Waals surface area contributed by atoms with Crippen LogP contribution >= 0.6 is 0 Å². The predicted octanol–water partition coefficient (Wildman–Crippen LogP) is -0.468. The summed E-state index contributed by atoms with van der Waals surface area (Å²) in [6.07, 6.45) is 6.02. The Balaban J connectivity index is 0. The fourth-order valence-corrected chi connectivity index (χ4v) is 1.92. The van der Waals surface area contributed by atoms with E-state index >= 15 is 0 Å². The quantitative estimate of drug-likeness (QED) is 0.321. The van der Waals surface area contributed by atoms with E-state index in [4.69, 9.17) is 0 Å². The van der Waals surface area contributed by atoms with Crippen molar-refractivity contribution < 1.29 is 31.8 Å². The molecule has 0 aliphatic rings. The normalized spacial score (nSPS) is 11.5. The summed E-state index contributed by atoms with van der Waals surface area (Å²) in [7, 11) is -3.98. The summed E-state index contributed by atoms with van der Waals surface area (Å²) in [5.74, 6) is 0.550. The Morgan fingerprint density at radius 3 is 1.93 bits per heavy atom. The fraction of sp³-hybridized carbons (Fsp3) is 1.00. The summed E-state index contributed by atoms with van der Waals surface area (Å²) >= 11 is 0. The number of hydrogen-bond donors (Lipinski definition) is 0. The van der Waals surface area contributed by atoms with Gasteiger partial charge in [-0.1, -0.05) is 46.0 Å². The van der Waals surface area contributed by atoms with Crippen LogP contribution in [0.25, 0.3) is 0 Å². The summed E-state index contributed by atoms with van der Waals surface area (Å²) in [4.78, 5) is 0. The molecule has 0 unspecified atom stereocenters. The van der Waals surface area contributed by atoms with Crippen molar-refractivity contribution in [1.82, 2.24) is 0 Å². The van der Waals surface area contributed by atoms with E-state index in [1.54, 1.807) is 0 Å². The van der Waals surface area contributed by atoms with E-state index in [-0.39, 0.29) is 24.6 Å². The van der Waals surface area contributed by atoms with Crippen LogP contribution in [0.5, 0.6) is 0 Å². The number of unbranched alkanes of at least 4 members (excludes halogenated alkanes) is 4. The Bertz CT molecular complexity index is 225. The molecule has 0 fully saturated rings. The molecule has 0 amide bonds. The smallest absolute Gasteiger partial charge is 0.748 e. The van der Waals surface area contributed by atoms with Crippen LogP contribution in [-0.2, 0) is 10.1 Å². The molecule has 0 bridgehead atoms. The molecule has 0 saturated carbocycles. The van der Waals surface area contributed by atoms with Crippen LogP contribution in [0.1, 0.15) is 52.4 Å². The maximum Gasteiger partial charge on any atom is 1.00 e. The first-order chi connectivity index (χ1) is 6.42. The molecule has 0 rings (SSSR count). The van der Waals surface area contributed by atoms with Crippen LogP contribution in [0, 0.1) is 5.92 Å². The SMILES string of the molecule is CC(C)CCCCCCCS(=O)(=O)[O-].[Li+]. The van der Waals surface area contributed by atoms with Gasteiger partial charge in [-0.15, -0.1) is 0 Å². The van der Waals surface area contributed by atoms with Crippen molar-refractivity contribution in [2.24, 2.45) is 5.92 Å². The van der Waals surface area contributed by atoms with Gasteiger partial charge in [0, 0.05) is 5.75 Å². The molecule has 0 N–H and O–H groups in total. The first kappa shape index (κ1) is 17.9. The van der Waals surface area contributed by atoms with Crippen LogP contribution < -0.4 is 18.9 Å². The molecule has 5 heteroatoms. The van der Waals surface area contributed by atoms with Crippen molar-refractivity contribution in [3.63, 3.8) is 0 Å². The molecule has 0 saturated heterocycles. The van der Waals surface area contributed by atoms with Crippen molar-refractivity contribution in [2.45, 2.75) is 52.4 Å². The van der Waals surface area contributed by atoms with Crippen LogP contribution in [0.3, 0.4) is 0 Å². The molecule has 0 aromatic heterocycles. The molecule has 0 aliphatic heterocycles. The van der Waals surface area contributed by atoms with Crippen molar-refractivity contribution in [1.29, 1.82) is 0 Å². The summed E-state index contributed by atoms with van der Waals surface area (Å²) in [5.41, 5.74) is 0. The monoisotopic (exact) mass is 228 g/mol. The van der Waals surface area contributed by atoms with E-state index < -0.39 is 10.1 Å². The molecule has 3 nitrogen and oxygen atoms in total. The third-order valence-electron chi connectivity index (χ3n) is 2.18. The molecule has 0 radical (unpaired) electrons. The molecule has 0 spiro atoms. The van der Waals surface area contributed by atoms with Gasteiger partial charge in [0.15, 0.2) is 0 Å². The molecule has 0 atom stereocenters. The zero-order valence-corrected chi connectivity index (χ0v) is 11.0. The van der Waals surface area contributed by atoms with Gasteiger partial charge in [-0.3, -0.25) is 0 Å². The van der Waals surface area contributed by atoms with Crippen LogP contribution in [0.15, 0.2) is 0 Å². The average Bonchev–Trinajstić information content (AvgIpc) is 2.00. The second-order valence-corrected chi connectivity index (χ2v) is 5.74. The van der Waals surface area contributed by atoms with E-state index in [2.05, 4.69) is 13.8 Å². The topological polar surface area (TPSA) is 57.2 Å². The van der Waals surface area contributed by atoms with Gasteiger partial charge < -0.3 is 4.55 Å². The minimum Gasteiger partial charge on any atom is -0.748 e. The number of hydrogen-bond acceptors (Lipinski definition) is 3. The standard InChI is InChI=1S/C10H22O3S.Li/c1-10(2)8-6-4-3-5-7-9-14(11,12)13;/h10H,3-9H2,1-2H3,(H,11,12,13);/q;+1/p-1. The van der Waals surface area contributed by atoms with Gasteiger partial charge in [-0.2, -0.15) is 0 Å². The number of rotatable bonds is 8. The van der Waals surface area contributed by atoms with E-state index in [1.807, 2.05) is 0 Å². The van der Waals surface area contributed by atoms with Crippen LogP contribution in [0.2, 0.25) is 0 Å². The van der Waals surface area contributed by atoms with Gasteiger partial charge in [0.2, 0.25) is 0 Å². The van der Waals surface area contributed by atoms with Gasteiger partial charge in [-0.05, 0) is 12.3 Å². The fourth-order valence-electron chi connectivity index (χ4n) is 1.36. The van der Waals surface area contributed by atoms with Crippen molar-refractivity contribution >= 4 is 10.1 Å². The Morgan fingerprint density at radius 2 is 1.47 bits per heavy atom. The zero-order chi connectivity index (χ0) is 11.0. The van der Waals surface area contributed by atoms with Gasteiger partial charge in [0.1, 0.15) is 0 Å². The zero-order valence-electron chi connectivity index (χ0n) is 10.2. The maximum atomic E-state index is 10.3. The van der Waals surface area contributed by atoms with E-state index in [1.165, 1.54) is 12.8 Å². The molecular weight excluding hydrogens is 207 g/mol. The van der Waals surface area contributed by atoms with Crippen molar-refractivity contribution in [3.05, 3.63) is 0 Å². The molecule has 0 heterocycles. The average molecular weight is 228 g/mol. The summed E-state index contributed by atoms with van der Waals surface area (Å²) in [6.45, 7) is 4.40. The third kappa shape index (κ3) is 17.1. The minimum atomic E-state index is -3.98. The molecule has 0 aromatic rings. The second kappa shape index (κ2) is 9.71. The summed E-state index contributed by atoms with van der Waals surface area (Å²) in [6, 6.07) is 0. The Labute approximate surface area is 106 Å². The van der Waals surface area contributed by atoms with Crippen LogP contribution in [0.4, 0.5) is 0 Å². The second-order valence-electron chi connectivity index (χ2n) is 4.21. The third-order valence-corrected chi connectivity index (χ3v) is 2.96.